The molecule has 1 aromatic carbocycles. The minimum atomic E-state index is -3.83. The lowest BCUT2D eigenvalue weighted by molar-refractivity contribution is 0.0194. The van der Waals surface area contributed by atoms with Gasteiger partial charge in [0.2, 0.25) is 10.0 Å². The van der Waals surface area contributed by atoms with Gasteiger partial charge < -0.3 is 14.4 Å². The van der Waals surface area contributed by atoms with E-state index < -0.39 is 15.6 Å². The van der Waals surface area contributed by atoms with Gasteiger partial charge >= 0.3 is 0 Å². The van der Waals surface area contributed by atoms with Gasteiger partial charge in [0, 0.05) is 24.9 Å². The number of nitrogens with zero attached hydrogens (tertiary/aromatic N) is 3. The zero-order valence-electron chi connectivity index (χ0n) is 14.3. The summed E-state index contributed by atoms with van der Waals surface area (Å²) in [7, 11) is -3.83. The van der Waals surface area contributed by atoms with E-state index >= 15 is 0 Å². The van der Waals surface area contributed by atoms with Crippen LogP contribution in [0.3, 0.4) is 0 Å². The molecule has 4 rings (SSSR count). The van der Waals surface area contributed by atoms with Crippen molar-refractivity contribution in [2.75, 3.05) is 13.1 Å². The zero-order chi connectivity index (χ0) is 18.7. The number of rotatable bonds is 3. The van der Waals surface area contributed by atoms with Gasteiger partial charge in [-0.15, -0.1) is 0 Å². The fourth-order valence-corrected chi connectivity index (χ4v) is 5.30. The molecule has 2 aliphatic heterocycles. The highest BCUT2D eigenvalue weighted by atomic mass is 35.5. The van der Waals surface area contributed by atoms with E-state index in [1.807, 2.05) is 6.92 Å². The van der Waals surface area contributed by atoms with E-state index in [-0.39, 0.29) is 41.4 Å². The molecule has 1 aromatic heterocycles. The lowest BCUT2D eigenvalue weighted by Crippen LogP contribution is -2.34. The Hall–Kier alpha value is -1.68. The van der Waals surface area contributed by atoms with E-state index in [1.165, 1.54) is 10.4 Å². The van der Waals surface area contributed by atoms with E-state index in [2.05, 4.69) is 10.1 Å². The summed E-state index contributed by atoms with van der Waals surface area (Å²) < 4.78 is 37.9. The Morgan fingerprint density at radius 1 is 1.42 bits per heavy atom. The van der Waals surface area contributed by atoms with Crippen molar-refractivity contribution < 1.29 is 22.8 Å². The quantitative estimate of drug-likeness (QED) is 0.836. The summed E-state index contributed by atoms with van der Waals surface area (Å²) in [5, 5.41) is 14.7. The number of hydrogen-bond acceptors (Lipinski definition) is 7. The first kappa shape index (κ1) is 17.7. The Balaban J connectivity index is 1.64. The average Bonchev–Trinajstić information content (AvgIpc) is 3.26. The summed E-state index contributed by atoms with van der Waals surface area (Å²) in [6, 6.07) is 2.98. The standard InChI is InChI=1S/C16H18ClN3O5S/c1-9-5-11-6-12(7-13(17)14(11)24-9)26(22,23)20-4-3-16(21,8-20)15-18-10(2)19-25-15/h6-7,9,21H,3-5,8H2,1-2H3/t9-,16-/m1/s1. The largest absolute Gasteiger partial charge is 0.489 e. The summed E-state index contributed by atoms with van der Waals surface area (Å²) in [6.45, 7) is 3.52. The smallest absolute Gasteiger partial charge is 0.260 e. The van der Waals surface area contributed by atoms with Crippen LogP contribution in [0.4, 0.5) is 0 Å². The number of halogens is 1. The van der Waals surface area contributed by atoms with E-state index in [1.54, 1.807) is 13.0 Å². The van der Waals surface area contributed by atoms with Gasteiger partial charge in [0.1, 0.15) is 11.9 Å². The monoisotopic (exact) mass is 399 g/mol. The molecule has 0 spiro atoms. The molecule has 0 bridgehead atoms. The molecule has 0 amide bonds. The van der Waals surface area contributed by atoms with Crippen molar-refractivity contribution >= 4 is 21.6 Å². The summed E-state index contributed by atoms with van der Waals surface area (Å²) in [5.41, 5.74) is -0.725. The van der Waals surface area contributed by atoms with Crippen LogP contribution in [0.25, 0.3) is 0 Å². The topological polar surface area (TPSA) is 106 Å². The van der Waals surface area contributed by atoms with Gasteiger partial charge in [-0.05, 0) is 26.0 Å². The van der Waals surface area contributed by atoms with E-state index in [9.17, 15) is 13.5 Å². The molecule has 140 valence electrons. The predicted octanol–water partition coefficient (Wildman–Crippen LogP) is 1.64. The van der Waals surface area contributed by atoms with Crippen molar-refractivity contribution in [3.63, 3.8) is 0 Å². The van der Waals surface area contributed by atoms with Crippen LogP contribution in [-0.4, -0.2) is 47.2 Å². The number of aryl methyl sites for hydroxylation is 1. The Kier molecular flexibility index (Phi) is 4.03. The molecule has 0 radical (unpaired) electrons. The van der Waals surface area contributed by atoms with Crippen molar-refractivity contribution in [1.82, 2.24) is 14.4 Å². The number of sulfonamides is 1. The number of aromatic nitrogens is 2. The molecule has 1 fully saturated rings. The first-order valence-electron chi connectivity index (χ1n) is 8.21. The first-order valence-corrected chi connectivity index (χ1v) is 10.0. The minimum absolute atomic E-state index is 0.0295. The molecular formula is C16H18ClN3O5S. The van der Waals surface area contributed by atoms with Crippen molar-refractivity contribution in [2.24, 2.45) is 0 Å². The van der Waals surface area contributed by atoms with Crippen LogP contribution < -0.4 is 4.74 Å². The molecule has 2 aliphatic rings. The third-order valence-corrected chi connectivity index (χ3v) is 6.80. The molecule has 8 nitrogen and oxygen atoms in total. The Morgan fingerprint density at radius 3 is 2.88 bits per heavy atom. The van der Waals surface area contributed by atoms with Crippen LogP contribution in [0.15, 0.2) is 21.6 Å². The summed E-state index contributed by atoms with van der Waals surface area (Å²) in [5.74, 6) is 0.952. The molecule has 1 saturated heterocycles. The van der Waals surface area contributed by atoms with E-state index in [0.717, 1.165) is 5.56 Å². The summed E-state index contributed by atoms with van der Waals surface area (Å²) >= 11 is 6.22. The van der Waals surface area contributed by atoms with Crippen LogP contribution in [0.5, 0.6) is 5.75 Å². The highest BCUT2D eigenvalue weighted by Gasteiger charge is 2.47. The second kappa shape index (κ2) is 5.91. The molecule has 2 aromatic rings. The highest BCUT2D eigenvalue weighted by Crippen LogP contribution is 2.40. The number of aliphatic hydroxyl groups is 1. The number of benzene rings is 1. The van der Waals surface area contributed by atoms with Gasteiger partial charge in [0.15, 0.2) is 11.4 Å². The van der Waals surface area contributed by atoms with Crippen LogP contribution in [0, 0.1) is 6.92 Å². The second-order valence-electron chi connectivity index (χ2n) is 6.79. The van der Waals surface area contributed by atoms with Crippen LogP contribution in [0.1, 0.15) is 30.6 Å². The number of ether oxygens (including phenoxy) is 1. The highest BCUT2D eigenvalue weighted by molar-refractivity contribution is 7.89. The van der Waals surface area contributed by atoms with Crippen LogP contribution >= 0.6 is 11.6 Å². The summed E-state index contributed by atoms with van der Waals surface area (Å²) in [4.78, 5) is 4.12. The maximum absolute atomic E-state index is 13.0. The molecule has 10 heteroatoms. The fraction of sp³-hybridized carbons (Fsp3) is 0.500. The molecule has 26 heavy (non-hydrogen) atoms. The first-order chi connectivity index (χ1) is 12.2. The third kappa shape index (κ3) is 2.79. The Labute approximate surface area is 155 Å². The number of β-amino-alcohol motifs (C(OH)–C–C–N with tert-alkyl or cyclic N) is 1. The normalized spacial score (nSPS) is 26.1. The molecular weight excluding hydrogens is 382 g/mol. The molecule has 1 N–H and O–H groups in total. The SMILES string of the molecule is Cc1noc([C@@]2(O)CCN(S(=O)(=O)c3cc(Cl)c4c(c3)C[C@@H](C)O4)C2)n1. The molecule has 0 unspecified atom stereocenters. The van der Waals surface area contributed by atoms with Gasteiger partial charge in [-0.1, -0.05) is 16.8 Å². The van der Waals surface area contributed by atoms with Gasteiger partial charge in [-0.25, -0.2) is 8.42 Å². The van der Waals surface area contributed by atoms with Gasteiger partial charge in [-0.2, -0.15) is 9.29 Å². The lowest BCUT2D eigenvalue weighted by Gasteiger charge is -2.20. The predicted molar refractivity (Wildman–Crippen MR) is 91.6 cm³/mol. The number of fused-ring (bicyclic) bond motifs is 1. The van der Waals surface area contributed by atoms with Crippen molar-refractivity contribution in [3.8, 4) is 5.75 Å². The zero-order valence-corrected chi connectivity index (χ0v) is 15.8. The summed E-state index contributed by atoms with van der Waals surface area (Å²) in [6.07, 6.45) is 0.731. The minimum Gasteiger partial charge on any atom is -0.489 e. The third-order valence-electron chi connectivity index (χ3n) is 4.70. The molecule has 0 aliphatic carbocycles. The molecule has 2 atom stereocenters. The lowest BCUT2D eigenvalue weighted by atomic mass is 10.0. The number of hydrogen-bond donors (Lipinski definition) is 1. The van der Waals surface area contributed by atoms with Gasteiger partial charge in [0.25, 0.3) is 5.89 Å². The van der Waals surface area contributed by atoms with E-state index in [0.29, 0.717) is 18.0 Å². The average molecular weight is 400 g/mol. The maximum atomic E-state index is 13.0. The van der Waals surface area contributed by atoms with Crippen molar-refractivity contribution in [3.05, 3.63) is 34.4 Å². The van der Waals surface area contributed by atoms with Crippen LogP contribution in [0.2, 0.25) is 5.02 Å². The fourth-order valence-electron chi connectivity index (χ4n) is 3.38. The maximum Gasteiger partial charge on any atom is 0.260 e. The van der Waals surface area contributed by atoms with Crippen molar-refractivity contribution in [2.45, 2.75) is 43.3 Å². The van der Waals surface area contributed by atoms with Crippen LogP contribution in [-0.2, 0) is 22.0 Å². The Bertz CT molecular complexity index is 976. The van der Waals surface area contributed by atoms with Gasteiger partial charge in [0.05, 0.1) is 16.5 Å². The van der Waals surface area contributed by atoms with E-state index in [4.69, 9.17) is 20.9 Å². The Morgan fingerprint density at radius 2 is 2.19 bits per heavy atom. The second-order valence-corrected chi connectivity index (χ2v) is 9.14. The molecule has 0 saturated carbocycles. The molecule has 3 heterocycles. The van der Waals surface area contributed by atoms with Gasteiger partial charge in [-0.3, -0.25) is 0 Å². The van der Waals surface area contributed by atoms with Crippen molar-refractivity contribution in [1.29, 1.82) is 0 Å².